The monoisotopic (exact) mass is 337 g/mol. The van der Waals surface area contributed by atoms with Crippen LogP contribution >= 0.6 is 0 Å². The number of pyridine rings is 1. The Balaban J connectivity index is 1.73. The van der Waals surface area contributed by atoms with Crippen molar-refractivity contribution in [1.82, 2.24) is 15.2 Å². The van der Waals surface area contributed by atoms with Gasteiger partial charge in [0.1, 0.15) is 6.04 Å². The minimum absolute atomic E-state index is 0.00490. The van der Waals surface area contributed by atoms with Gasteiger partial charge in [-0.2, -0.15) is 0 Å². The molecule has 0 bridgehead atoms. The van der Waals surface area contributed by atoms with E-state index in [9.17, 15) is 9.59 Å². The Morgan fingerprint density at radius 2 is 1.88 bits per heavy atom. The molecule has 1 aromatic heterocycles. The Morgan fingerprint density at radius 1 is 1.12 bits per heavy atom. The first-order chi connectivity index (χ1) is 12.1. The van der Waals surface area contributed by atoms with Crippen molar-refractivity contribution in [1.29, 1.82) is 0 Å². The summed E-state index contributed by atoms with van der Waals surface area (Å²) in [5.74, 6) is -0.287. The Morgan fingerprint density at radius 3 is 2.56 bits per heavy atom. The molecule has 1 atom stereocenters. The third-order valence-electron chi connectivity index (χ3n) is 4.59. The molecule has 3 rings (SSSR count). The van der Waals surface area contributed by atoms with Crippen molar-refractivity contribution in [3.63, 3.8) is 0 Å². The summed E-state index contributed by atoms with van der Waals surface area (Å²) in [4.78, 5) is 31.2. The lowest BCUT2D eigenvalue weighted by Crippen LogP contribution is -2.52. The first-order valence-corrected chi connectivity index (χ1v) is 8.62. The molecule has 0 spiro atoms. The van der Waals surface area contributed by atoms with Crippen LogP contribution in [-0.4, -0.2) is 34.3 Å². The average molecular weight is 337 g/mol. The molecular weight excluding hydrogens is 314 g/mol. The number of rotatable bonds is 4. The number of benzene rings is 1. The van der Waals surface area contributed by atoms with Crippen molar-refractivity contribution < 1.29 is 9.59 Å². The molecule has 25 heavy (non-hydrogen) atoms. The van der Waals surface area contributed by atoms with Crippen LogP contribution in [0, 0.1) is 5.92 Å². The number of nitrogens with one attached hydrogen (secondary N) is 1. The van der Waals surface area contributed by atoms with E-state index in [0.29, 0.717) is 18.7 Å². The molecule has 2 aromatic rings. The summed E-state index contributed by atoms with van der Waals surface area (Å²) in [5.41, 5.74) is 2.94. The molecule has 0 saturated carbocycles. The SMILES string of the molecule is CC(C)[C@@H](NC(=O)c1cccnc1)C(=O)N1CCc2ccccc2C1. The van der Waals surface area contributed by atoms with Gasteiger partial charge in [-0.1, -0.05) is 38.1 Å². The highest BCUT2D eigenvalue weighted by Crippen LogP contribution is 2.20. The zero-order valence-electron chi connectivity index (χ0n) is 14.6. The van der Waals surface area contributed by atoms with Crippen LogP contribution in [0.15, 0.2) is 48.8 Å². The predicted molar refractivity (Wildman–Crippen MR) is 95.9 cm³/mol. The van der Waals surface area contributed by atoms with Gasteiger partial charge in [0.25, 0.3) is 5.91 Å². The largest absolute Gasteiger partial charge is 0.340 e. The molecule has 0 saturated heterocycles. The molecule has 1 aliphatic rings. The number of nitrogens with zero attached hydrogens (tertiary/aromatic N) is 2. The number of hydrogen-bond donors (Lipinski definition) is 1. The van der Waals surface area contributed by atoms with Crippen molar-refractivity contribution >= 4 is 11.8 Å². The number of amides is 2. The van der Waals surface area contributed by atoms with Gasteiger partial charge >= 0.3 is 0 Å². The lowest BCUT2D eigenvalue weighted by Gasteiger charge is -2.33. The van der Waals surface area contributed by atoms with Crippen LogP contribution < -0.4 is 5.32 Å². The zero-order valence-corrected chi connectivity index (χ0v) is 14.6. The van der Waals surface area contributed by atoms with Crippen LogP contribution in [0.4, 0.5) is 0 Å². The lowest BCUT2D eigenvalue weighted by molar-refractivity contribution is -0.135. The van der Waals surface area contributed by atoms with Gasteiger partial charge in [0.05, 0.1) is 5.56 Å². The standard InChI is InChI=1S/C20H23N3O2/c1-14(2)18(22-19(24)16-8-5-10-21-12-16)20(25)23-11-9-15-6-3-4-7-17(15)13-23/h3-8,10,12,14,18H,9,11,13H2,1-2H3,(H,22,24)/t18-/m1/s1. The maximum Gasteiger partial charge on any atom is 0.253 e. The van der Waals surface area contributed by atoms with Crippen LogP contribution in [0.2, 0.25) is 0 Å². The van der Waals surface area contributed by atoms with Gasteiger partial charge in [0, 0.05) is 25.5 Å². The zero-order chi connectivity index (χ0) is 17.8. The summed E-state index contributed by atoms with van der Waals surface area (Å²) in [5, 5.41) is 2.88. The summed E-state index contributed by atoms with van der Waals surface area (Å²) < 4.78 is 0. The fourth-order valence-corrected chi connectivity index (χ4v) is 3.12. The third kappa shape index (κ3) is 3.87. The molecule has 0 fully saturated rings. The molecule has 1 aliphatic heterocycles. The third-order valence-corrected chi connectivity index (χ3v) is 4.59. The summed E-state index contributed by atoms with van der Waals surface area (Å²) in [6.45, 7) is 5.18. The van der Waals surface area contributed by atoms with Crippen molar-refractivity contribution in [3.05, 3.63) is 65.5 Å². The van der Waals surface area contributed by atoms with E-state index < -0.39 is 6.04 Å². The summed E-state index contributed by atoms with van der Waals surface area (Å²) in [6, 6.07) is 11.1. The second kappa shape index (κ2) is 7.47. The van der Waals surface area contributed by atoms with E-state index in [1.807, 2.05) is 30.9 Å². The first-order valence-electron chi connectivity index (χ1n) is 8.62. The van der Waals surface area contributed by atoms with Crippen molar-refractivity contribution in [2.75, 3.05) is 6.54 Å². The smallest absolute Gasteiger partial charge is 0.253 e. The van der Waals surface area contributed by atoms with Crippen LogP contribution in [0.5, 0.6) is 0 Å². The van der Waals surface area contributed by atoms with Crippen LogP contribution in [-0.2, 0) is 17.8 Å². The second-order valence-corrected chi connectivity index (χ2v) is 6.72. The summed E-state index contributed by atoms with van der Waals surface area (Å²) >= 11 is 0. The minimum atomic E-state index is -0.544. The Kier molecular flexibility index (Phi) is 5.12. The molecule has 2 amide bonds. The van der Waals surface area contributed by atoms with Crippen LogP contribution in [0.25, 0.3) is 0 Å². The van der Waals surface area contributed by atoms with E-state index in [1.54, 1.807) is 18.3 Å². The predicted octanol–water partition coefficient (Wildman–Crippen LogP) is 2.42. The fourth-order valence-electron chi connectivity index (χ4n) is 3.12. The number of fused-ring (bicyclic) bond motifs is 1. The van der Waals surface area contributed by atoms with Gasteiger partial charge in [-0.15, -0.1) is 0 Å². The number of carbonyl (C=O) groups is 2. The molecule has 1 aromatic carbocycles. The second-order valence-electron chi connectivity index (χ2n) is 6.72. The molecule has 5 nitrogen and oxygen atoms in total. The average Bonchev–Trinajstić information content (AvgIpc) is 2.65. The Labute approximate surface area is 148 Å². The van der Waals surface area contributed by atoms with E-state index in [-0.39, 0.29) is 17.7 Å². The van der Waals surface area contributed by atoms with Gasteiger partial charge in [0.2, 0.25) is 5.91 Å². The molecule has 0 radical (unpaired) electrons. The van der Waals surface area contributed by atoms with E-state index in [0.717, 1.165) is 6.42 Å². The van der Waals surface area contributed by atoms with Crippen LogP contribution in [0.3, 0.4) is 0 Å². The van der Waals surface area contributed by atoms with E-state index >= 15 is 0 Å². The van der Waals surface area contributed by atoms with Gasteiger partial charge in [-0.3, -0.25) is 14.6 Å². The Hall–Kier alpha value is -2.69. The van der Waals surface area contributed by atoms with Crippen molar-refractivity contribution in [2.24, 2.45) is 5.92 Å². The van der Waals surface area contributed by atoms with Crippen molar-refractivity contribution in [2.45, 2.75) is 32.9 Å². The summed E-state index contributed by atoms with van der Waals surface area (Å²) in [7, 11) is 0. The van der Waals surface area contributed by atoms with Gasteiger partial charge in [-0.05, 0) is 35.6 Å². The number of hydrogen-bond acceptors (Lipinski definition) is 3. The molecule has 2 heterocycles. The fraction of sp³-hybridized carbons (Fsp3) is 0.350. The van der Waals surface area contributed by atoms with Crippen molar-refractivity contribution in [3.8, 4) is 0 Å². The van der Waals surface area contributed by atoms with E-state index in [4.69, 9.17) is 0 Å². The molecule has 130 valence electrons. The maximum atomic E-state index is 13.0. The number of aromatic nitrogens is 1. The molecule has 5 heteroatoms. The molecule has 1 N–H and O–H groups in total. The number of carbonyl (C=O) groups excluding carboxylic acids is 2. The summed E-state index contributed by atoms with van der Waals surface area (Å²) in [6.07, 6.45) is 3.98. The van der Waals surface area contributed by atoms with E-state index in [2.05, 4.69) is 22.4 Å². The highest BCUT2D eigenvalue weighted by molar-refractivity contribution is 5.97. The normalized spacial score (nSPS) is 14.8. The molecule has 0 aliphatic carbocycles. The molecule has 0 unspecified atom stereocenters. The topological polar surface area (TPSA) is 62.3 Å². The first kappa shape index (κ1) is 17.1. The lowest BCUT2D eigenvalue weighted by atomic mass is 9.97. The maximum absolute atomic E-state index is 13.0. The molecular formula is C20H23N3O2. The van der Waals surface area contributed by atoms with Gasteiger partial charge in [-0.25, -0.2) is 0 Å². The highest BCUT2D eigenvalue weighted by Gasteiger charge is 2.30. The highest BCUT2D eigenvalue weighted by atomic mass is 16.2. The van der Waals surface area contributed by atoms with Gasteiger partial charge < -0.3 is 10.2 Å². The van der Waals surface area contributed by atoms with Crippen LogP contribution in [0.1, 0.15) is 35.3 Å². The quantitative estimate of drug-likeness (QED) is 0.932. The van der Waals surface area contributed by atoms with E-state index in [1.165, 1.54) is 17.3 Å². The Bertz CT molecular complexity index is 759. The van der Waals surface area contributed by atoms with Gasteiger partial charge in [0.15, 0.2) is 0 Å². The minimum Gasteiger partial charge on any atom is -0.340 e.